The van der Waals surface area contributed by atoms with Crippen molar-refractivity contribution in [3.8, 4) is 17.0 Å². The number of nitrogens with zero attached hydrogens (tertiary/aromatic N) is 3. The van der Waals surface area contributed by atoms with Crippen molar-refractivity contribution in [1.82, 2.24) is 14.8 Å². The van der Waals surface area contributed by atoms with Gasteiger partial charge in [-0.1, -0.05) is 30.3 Å². The summed E-state index contributed by atoms with van der Waals surface area (Å²) in [7, 11) is 1.48. The van der Waals surface area contributed by atoms with Crippen LogP contribution in [0.25, 0.3) is 11.3 Å². The van der Waals surface area contributed by atoms with E-state index in [9.17, 15) is 9.59 Å². The first-order valence-electron chi connectivity index (χ1n) is 7.93. The second-order valence-corrected chi connectivity index (χ2v) is 6.84. The molecule has 3 aromatic rings. The maximum Gasteiger partial charge on any atom is 0.270 e. The molecule has 0 aliphatic carbocycles. The minimum atomic E-state index is -0.414. The summed E-state index contributed by atoms with van der Waals surface area (Å²) in [6, 6.07) is 10.7. The molecule has 2 aromatic heterocycles. The smallest absolute Gasteiger partial charge is 0.270 e. The highest BCUT2D eigenvalue weighted by Gasteiger charge is 2.14. The molecular weight excluding hydrogens is 352 g/mol. The summed E-state index contributed by atoms with van der Waals surface area (Å²) in [5.74, 6) is 0.00144. The van der Waals surface area contributed by atoms with Crippen LogP contribution < -0.4 is 15.6 Å². The average Bonchev–Trinajstić information content (AvgIpc) is 2.94. The van der Waals surface area contributed by atoms with Crippen molar-refractivity contribution in [2.75, 3.05) is 12.4 Å². The van der Waals surface area contributed by atoms with Crippen LogP contribution in [0.2, 0.25) is 0 Å². The number of aromatic nitrogens is 3. The van der Waals surface area contributed by atoms with Gasteiger partial charge in [0.2, 0.25) is 5.91 Å². The van der Waals surface area contributed by atoms with Crippen LogP contribution in [0, 0.1) is 13.8 Å². The first-order chi connectivity index (χ1) is 12.5. The summed E-state index contributed by atoms with van der Waals surface area (Å²) in [6.07, 6.45) is 0. The Morgan fingerprint density at radius 3 is 2.62 bits per heavy atom. The van der Waals surface area contributed by atoms with Gasteiger partial charge < -0.3 is 10.1 Å². The monoisotopic (exact) mass is 370 g/mol. The van der Waals surface area contributed by atoms with E-state index >= 15 is 0 Å². The average molecular weight is 370 g/mol. The summed E-state index contributed by atoms with van der Waals surface area (Å²) in [6.45, 7) is 3.60. The maximum absolute atomic E-state index is 12.3. The lowest BCUT2D eigenvalue weighted by atomic mass is 10.1. The number of rotatable bonds is 5. The quantitative estimate of drug-likeness (QED) is 0.746. The molecule has 3 rings (SSSR count). The molecule has 0 saturated heterocycles. The SMILES string of the molecule is COc1cc(=O)n(CC(=O)Nc2nc(C)c(C)s2)nc1-c1ccccc1. The number of methoxy groups -OCH3 is 1. The molecule has 8 heteroatoms. The van der Waals surface area contributed by atoms with Gasteiger partial charge in [0.1, 0.15) is 12.2 Å². The van der Waals surface area contributed by atoms with Crippen LogP contribution in [0.15, 0.2) is 41.2 Å². The summed E-state index contributed by atoms with van der Waals surface area (Å²) in [4.78, 5) is 29.8. The van der Waals surface area contributed by atoms with Crippen molar-refractivity contribution >= 4 is 22.4 Å². The van der Waals surface area contributed by atoms with Crippen LogP contribution in [0.1, 0.15) is 10.6 Å². The Bertz CT molecular complexity index is 976. The summed E-state index contributed by atoms with van der Waals surface area (Å²) in [5.41, 5.74) is 1.76. The van der Waals surface area contributed by atoms with Gasteiger partial charge in [0.15, 0.2) is 10.9 Å². The standard InChI is InChI=1S/C18H18N4O3S/c1-11-12(2)26-18(19-11)20-15(23)10-22-16(24)9-14(25-3)17(21-22)13-7-5-4-6-8-13/h4-9H,10H2,1-3H3,(H,19,20,23). The summed E-state index contributed by atoms with van der Waals surface area (Å²) in [5, 5.41) is 7.53. The van der Waals surface area contributed by atoms with Crippen LogP contribution in [-0.2, 0) is 11.3 Å². The minimum absolute atomic E-state index is 0.208. The van der Waals surface area contributed by atoms with Crippen molar-refractivity contribution in [3.63, 3.8) is 0 Å². The van der Waals surface area contributed by atoms with Gasteiger partial charge >= 0.3 is 0 Å². The van der Waals surface area contributed by atoms with Gasteiger partial charge in [-0.3, -0.25) is 9.59 Å². The summed E-state index contributed by atoms with van der Waals surface area (Å²) < 4.78 is 6.39. The van der Waals surface area contributed by atoms with Crippen LogP contribution in [0.5, 0.6) is 5.75 Å². The molecule has 0 bridgehead atoms. The Hall–Kier alpha value is -3.00. The maximum atomic E-state index is 12.3. The predicted molar refractivity (Wildman–Crippen MR) is 101 cm³/mol. The number of anilines is 1. The molecule has 0 aliphatic rings. The van der Waals surface area contributed by atoms with E-state index in [2.05, 4.69) is 15.4 Å². The second-order valence-electron chi connectivity index (χ2n) is 5.63. The van der Waals surface area contributed by atoms with E-state index in [1.54, 1.807) is 0 Å². The second kappa shape index (κ2) is 7.49. The highest BCUT2D eigenvalue weighted by Crippen LogP contribution is 2.25. The van der Waals surface area contributed by atoms with Crippen molar-refractivity contribution in [1.29, 1.82) is 0 Å². The first kappa shape index (κ1) is 17.8. The summed E-state index contributed by atoms with van der Waals surface area (Å²) >= 11 is 1.39. The molecule has 7 nitrogen and oxygen atoms in total. The predicted octanol–water partition coefficient (Wildman–Crippen LogP) is 2.63. The van der Waals surface area contributed by atoms with E-state index < -0.39 is 5.56 Å². The Balaban J connectivity index is 1.87. The number of carbonyl (C=O) groups excluding carboxylic acids is 1. The lowest BCUT2D eigenvalue weighted by molar-refractivity contribution is -0.117. The molecule has 0 fully saturated rings. The van der Waals surface area contributed by atoms with Crippen molar-refractivity contribution in [2.24, 2.45) is 0 Å². The number of nitrogens with one attached hydrogen (secondary N) is 1. The van der Waals surface area contributed by atoms with E-state index in [1.165, 1.54) is 24.5 Å². The molecule has 26 heavy (non-hydrogen) atoms. The van der Waals surface area contributed by atoms with E-state index in [4.69, 9.17) is 4.74 Å². The number of carbonyl (C=O) groups is 1. The number of hydrogen-bond acceptors (Lipinski definition) is 6. The van der Waals surface area contributed by atoms with Crippen LogP contribution in [-0.4, -0.2) is 27.8 Å². The highest BCUT2D eigenvalue weighted by molar-refractivity contribution is 7.15. The van der Waals surface area contributed by atoms with E-state index in [0.29, 0.717) is 16.6 Å². The molecule has 0 atom stereocenters. The van der Waals surface area contributed by atoms with Crippen molar-refractivity contribution < 1.29 is 9.53 Å². The number of benzene rings is 1. The molecule has 134 valence electrons. The van der Waals surface area contributed by atoms with E-state index in [-0.39, 0.29) is 12.5 Å². The third-order valence-electron chi connectivity index (χ3n) is 3.80. The molecule has 1 aromatic carbocycles. The van der Waals surface area contributed by atoms with Gasteiger partial charge in [-0.15, -0.1) is 11.3 Å². The Morgan fingerprint density at radius 2 is 2.00 bits per heavy atom. The molecular formula is C18H18N4O3S. The third-order valence-corrected chi connectivity index (χ3v) is 4.79. The molecule has 0 radical (unpaired) electrons. The van der Waals surface area contributed by atoms with Gasteiger partial charge in [0, 0.05) is 16.5 Å². The first-order valence-corrected chi connectivity index (χ1v) is 8.75. The molecule has 1 amide bonds. The lowest BCUT2D eigenvalue weighted by Gasteiger charge is -2.11. The Morgan fingerprint density at radius 1 is 1.27 bits per heavy atom. The normalized spacial score (nSPS) is 10.6. The Kier molecular flexibility index (Phi) is 5.13. The zero-order chi connectivity index (χ0) is 18.7. The fraction of sp³-hybridized carbons (Fsp3) is 0.222. The van der Waals surface area contributed by atoms with Gasteiger partial charge in [0.05, 0.1) is 12.8 Å². The van der Waals surface area contributed by atoms with Gasteiger partial charge in [0.25, 0.3) is 5.56 Å². The third kappa shape index (κ3) is 3.80. The van der Waals surface area contributed by atoms with Crippen molar-refractivity contribution in [2.45, 2.75) is 20.4 Å². The van der Waals surface area contributed by atoms with E-state index in [0.717, 1.165) is 20.8 Å². The number of amides is 1. The number of hydrogen-bond donors (Lipinski definition) is 1. The van der Waals surface area contributed by atoms with Gasteiger partial charge in [-0.05, 0) is 13.8 Å². The molecule has 0 saturated carbocycles. The molecule has 2 heterocycles. The highest BCUT2D eigenvalue weighted by atomic mass is 32.1. The van der Waals surface area contributed by atoms with Crippen molar-refractivity contribution in [3.05, 3.63) is 57.3 Å². The fourth-order valence-electron chi connectivity index (χ4n) is 2.36. The molecule has 1 N–H and O–H groups in total. The zero-order valence-electron chi connectivity index (χ0n) is 14.6. The fourth-order valence-corrected chi connectivity index (χ4v) is 3.19. The van der Waals surface area contributed by atoms with Crippen LogP contribution in [0.3, 0.4) is 0 Å². The van der Waals surface area contributed by atoms with E-state index in [1.807, 2.05) is 44.2 Å². The molecule has 0 aliphatic heterocycles. The number of aryl methyl sites for hydroxylation is 2. The molecule has 0 unspecified atom stereocenters. The van der Waals surface area contributed by atoms with Gasteiger partial charge in [-0.25, -0.2) is 9.67 Å². The lowest BCUT2D eigenvalue weighted by Crippen LogP contribution is -2.29. The zero-order valence-corrected chi connectivity index (χ0v) is 15.5. The topological polar surface area (TPSA) is 86.1 Å². The van der Waals surface area contributed by atoms with Gasteiger partial charge in [-0.2, -0.15) is 5.10 Å². The number of ether oxygens (including phenoxy) is 1. The largest absolute Gasteiger partial charge is 0.494 e. The van der Waals surface area contributed by atoms with Crippen LogP contribution in [0.4, 0.5) is 5.13 Å². The van der Waals surface area contributed by atoms with Crippen LogP contribution >= 0.6 is 11.3 Å². The molecule has 0 spiro atoms. The number of thiazole rings is 1. The minimum Gasteiger partial charge on any atom is -0.494 e. The Labute approximate surface area is 154 Å².